The van der Waals surface area contributed by atoms with Crippen molar-refractivity contribution >= 4 is 29.1 Å². The summed E-state index contributed by atoms with van der Waals surface area (Å²) in [5.41, 5.74) is 2.13. The van der Waals surface area contributed by atoms with Crippen molar-refractivity contribution in [3.8, 4) is 17.2 Å². The average Bonchev–Trinajstić information content (AvgIpc) is 3.16. The highest BCUT2D eigenvalue weighted by molar-refractivity contribution is 6.39. The van der Waals surface area contributed by atoms with Crippen LogP contribution in [0.2, 0.25) is 10.0 Å². The van der Waals surface area contributed by atoms with E-state index in [9.17, 15) is 4.79 Å². The lowest BCUT2D eigenvalue weighted by Gasteiger charge is -2.17. The number of methoxy groups -OCH3 is 1. The number of benzene rings is 2. The first kappa shape index (κ1) is 23.0. The van der Waals surface area contributed by atoms with Gasteiger partial charge in [0.25, 0.3) is 5.91 Å². The third-order valence-electron chi connectivity index (χ3n) is 4.99. The van der Waals surface area contributed by atoms with Crippen LogP contribution >= 0.6 is 23.2 Å². The Kier molecular flexibility index (Phi) is 7.13. The second-order valence-corrected chi connectivity index (χ2v) is 8.26. The molecular weight excluding hydrogens is 437 g/mol. The fraction of sp³-hybridized carbons (Fsp3) is 0.304. The van der Waals surface area contributed by atoms with Crippen molar-refractivity contribution in [2.24, 2.45) is 7.05 Å². The van der Waals surface area contributed by atoms with Gasteiger partial charge in [0.2, 0.25) is 0 Å². The number of carbonyl (C=O) groups is 1. The smallest absolute Gasteiger partial charge is 0.253 e. The minimum absolute atomic E-state index is 0.143. The minimum Gasteiger partial charge on any atom is -0.496 e. The van der Waals surface area contributed by atoms with Crippen LogP contribution in [0.4, 0.5) is 0 Å². The third-order valence-corrected chi connectivity index (χ3v) is 5.66. The van der Waals surface area contributed by atoms with Crippen molar-refractivity contribution in [2.45, 2.75) is 32.7 Å². The number of hydrogen-bond acceptors (Lipinski definition) is 4. The summed E-state index contributed by atoms with van der Waals surface area (Å²) < 4.78 is 13.1. The van der Waals surface area contributed by atoms with Crippen LogP contribution in [0.25, 0.3) is 0 Å². The van der Waals surface area contributed by atoms with Crippen molar-refractivity contribution < 1.29 is 14.3 Å². The molecule has 0 fully saturated rings. The molecule has 3 rings (SSSR count). The molecule has 0 radical (unpaired) electrons. The van der Waals surface area contributed by atoms with Gasteiger partial charge in [-0.15, -0.1) is 0 Å². The van der Waals surface area contributed by atoms with E-state index in [4.69, 9.17) is 32.7 Å². The van der Waals surface area contributed by atoms with Crippen molar-refractivity contribution in [3.63, 3.8) is 0 Å². The van der Waals surface area contributed by atoms with Crippen LogP contribution in [-0.2, 0) is 7.05 Å². The molecule has 0 aliphatic heterocycles. The molecular formula is C23H25Cl2N3O3. The van der Waals surface area contributed by atoms with Crippen LogP contribution < -0.4 is 14.8 Å². The molecule has 31 heavy (non-hydrogen) atoms. The molecule has 3 aromatic rings. The topological polar surface area (TPSA) is 65.4 Å². The summed E-state index contributed by atoms with van der Waals surface area (Å²) in [6, 6.07) is 10.3. The number of nitrogens with zero attached hydrogens (tertiary/aromatic N) is 2. The van der Waals surface area contributed by atoms with Gasteiger partial charge in [0.15, 0.2) is 5.75 Å². The van der Waals surface area contributed by atoms with Crippen molar-refractivity contribution in [3.05, 3.63) is 69.5 Å². The zero-order chi connectivity index (χ0) is 22.7. The number of rotatable bonds is 7. The Morgan fingerprint density at radius 2 is 1.87 bits per heavy atom. The van der Waals surface area contributed by atoms with E-state index in [1.165, 1.54) is 0 Å². The highest BCUT2D eigenvalue weighted by Gasteiger charge is 2.21. The zero-order valence-electron chi connectivity index (χ0n) is 18.1. The number of aromatic nitrogens is 2. The highest BCUT2D eigenvalue weighted by atomic mass is 35.5. The Morgan fingerprint density at radius 1 is 1.13 bits per heavy atom. The van der Waals surface area contributed by atoms with E-state index in [1.54, 1.807) is 36.2 Å². The lowest BCUT2D eigenvalue weighted by molar-refractivity contribution is 0.0938. The first-order valence-electron chi connectivity index (χ1n) is 9.85. The third kappa shape index (κ3) is 4.97. The number of halogens is 2. The fourth-order valence-corrected chi connectivity index (χ4v) is 3.84. The minimum atomic E-state index is -0.335. The second kappa shape index (κ2) is 9.62. The van der Waals surface area contributed by atoms with Crippen LogP contribution in [0.1, 0.15) is 54.3 Å². The summed E-state index contributed by atoms with van der Waals surface area (Å²) >= 11 is 12.9. The summed E-state index contributed by atoms with van der Waals surface area (Å²) in [7, 11) is 3.45. The maximum atomic E-state index is 12.9. The van der Waals surface area contributed by atoms with E-state index in [0.717, 1.165) is 17.0 Å². The Hall–Kier alpha value is -2.70. The van der Waals surface area contributed by atoms with E-state index >= 15 is 0 Å². The molecule has 0 aliphatic carbocycles. The SMILES string of the molecule is COc1ccc(Oc2c(Cl)ccc(C(=O)NC(C)c3ccnn3C)c2Cl)cc1C(C)C. The summed E-state index contributed by atoms with van der Waals surface area (Å²) in [4.78, 5) is 12.9. The van der Waals surface area contributed by atoms with Gasteiger partial charge in [-0.25, -0.2) is 0 Å². The Morgan fingerprint density at radius 3 is 2.48 bits per heavy atom. The summed E-state index contributed by atoms with van der Waals surface area (Å²) in [5, 5.41) is 7.51. The molecule has 8 heteroatoms. The molecule has 1 N–H and O–H groups in total. The standard InChI is InChI=1S/C23H25Cl2N3O3/c1-13(2)17-12-15(6-9-20(17)30-5)31-22-18(24)8-7-16(21(22)25)23(29)27-14(3)19-10-11-26-28(19)4/h6-14H,1-5H3,(H,27,29). The van der Waals surface area contributed by atoms with Gasteiger partial charge in [-0.05, 0) is 49.2 Å². The van der Waals surface area contributed by atoms with Gasteiger partial charge < -0.3 is 14.8 Å². The van der Waals surface area contributed by atoms with Crippen LogP contribution in [0.3, 0.4) is 0 Å². The van der Waals surface area contributed by atoms with Crippen molar-refractivity contribution in [1.82, 2.24) is 15.1 Å². The van der Waals surface area contributed by atoms with E-state index in [0.29, 0.717) is 10.8 Å². The quantitative estimate of drug-likeness (QED) is 0.458. The van der Waals surface area contributed by atoms with Crippen LogP contribution in [0.15, 0.2) is 42.6 Å². The molecule has 164 valence electrons. The highest BCUT2D eigenvalue weighted by Crippen LogP contribution is 2.40. The number of hydrogen-bond donors (Lipinski definition) is 1. The number of ether oxygens (including phenoxy) is 2. The molecule has 0 saturated heterocycles. The van der Waals surface area contributed by atoms with Gasteiger partial charge in [-0.1, -0.05) is 37.0 Å². The second-order valence-electron chi connectivity index (χ2n) is 7.47. The molecule has 0 aliphatic rings. The zero-order valence-corrected chi connectivity index (χ0v) is 19.6. The largest absolute Gasteiger partial charge is 0.496 e. The van der Waals surface area contributed by atoms with Gasteiger partial charge in [-0.3, -0.25) is 9.48 Å². The van der Waals surface area contributed by atoms with Gasteiger partial charge in [0.1, 0.15) is 11.5 Å². The number of aryl methyl sites for hydroxylation is 1. The van der Waals surface area contributed by atoms with Gasteiger partial charge >= 0.3 is 0 Å². The van der Waals surface area contributed by atoms with E-state index < -0.39 is 0 Å². The molecule has 1 unspecified atom stereocenters. The normalized spacial score (nSPS) is 12.0. The molecule has 0 saturated carbocycles. The maximum absolute atomic E-state index is 12.9. The lowest BCUT2D eigenvalue weighted by Crippen LogP contribution is -2.28. The van der Waals surface area contributed by atoms with E-state index in [1.807, 2.05) is 32.2 Å². The number of amides is 1. The van der Waals surface area contributed by atoms with Crippen molar-refractivity contribution in [2.75, 3.05) is 7.11 Å². The fourth-order valence-electron chi connectivity index (χ4n) is 3.30. The first-order valence-corrected chi connectivity index (χ1v) is 10.6. The number of nitrogens with one attached hydrogen (secondary N) is 1. The summed E-state index contributed by atoms with van der Waals surface area (Å²) in [6.07, 6.45) is 1.68. The van der Waals surface area contributed by atoms with Crippen LogP contribution in [-0.4, -0.2) is 22.8 Å². The Bertz CT molecular complexity index is 1100. The summed E-state index contributed by atoms with van der Waals surface area (Å²) in [5.74, 6) is 1.45. The molecule has 1 aromatic heterocycles. The molecule has 6 nitrogen and oxygen atoms in total. The predicted molar refractivity (Wildman–Crippen MR) is 123 cm³/mol. The van der Waals surface area contributed by atoms with Gasteiger partial charge in [0.05, 0.1) is 34.5 Å². The Balaban J connectivity index is 1.88. The molecule has 1 atom stereocenters. The van der Waals surface area contributed by atoms with E-state index in [2.05, 4.69) is 24.3 Å². The first-order chi connectivity index (χ1) is 14.7. The van der Waals surface area contributed by atoms with Crippen molar-refractivity contribution in [1.29, 1.82) is 0 Å². The molecule has 0 bridgehead atoms. The summed E-state index contributed by atoms with van der Waals surface area (Å²) in [6.45, 7) is 6.01. The average molecular weight is 462 g/mol. The monoisotopic (exact) mass is 461 g/mol. The lowest BCUT2D eigenvalue weighted by atomic mass is 10.0. The number of carbonyl (C=O) groups excluding carboxylic acids is 1. The molecule has 2 aromatic carbocycles. The molecule has 0 spiro atoms. The van der Waals surface area contributed by atoms with Crippen LogP contribution in [0, 0.1) is 0 Å². The van der Waals surface area contributed by atoms with Gasteiger partial charge in [-0.2, -0.15) is 5.10 Å². The molecule has 1 heterocycles. The predicted octanol–water partition coefficient (Wildman–Crippen LogP) is 6.14. The van der Waals surface area contributed by atoms with Crippen LogP contribution in [0.5, 0.6) is 17.2 Å². The van der Waals surface area contributed by atoms with E-state index in [-0.39, 0.29) is 34.2 Å². The maximum Gasteiger partial charge on any atom is 0.253 e. The molecule has 1 amide bonds. The Labute approximate surface area is 192 Å². The van der Waals surface area contributed by atoms with Gasteiger partial charge in [0, 0.05) is 18.8 Å².